The molecule has 2 aromatic rings. The molecule has 0 unspecified atom stereocenters. The minimum atomic E-state index is -0.705. The second-order valence-corrected chi connectivity index (χ2v) is 3.16. The number of aromatic amines is 1. The Balaban J connectivity index is 2.66. The molecule has 0 aliphatic carbocycles. The summed E-state index contributed by atoms with van der Waals surface area (Å²) in [6.45, 7) is 0. The third kappa shape index (κ3) is 1.94. The number of nitrogens with one attached hydrogen (secondary N) is 1. The maximum atomic E-state index is 11.6. The van der Waals surface area contributed by atoms with Crippen LogP contribution in [0.2, 0.25) is 0 Å². The SMILES string of the molecule is COC(=O)c1cc2cnc(OC)nc2[nH]c1=O. The molecule has 0 spiro atoms. The molecule has 0 atom stereocenters. The summed E-state index contributed by atoms with van der Waals surface area (Å²) in [5.41, 5.74) is -0.353. The van der Waals surface area contributed by atoms with Gasteiger partial charge in [-0.15, -0.1) is 0 Å². The first-order chi connectivity index (χ1) is 8.15. The summed E-state index contributed by atoms with van der Waals surface area (Å²) in [6, 6.07) is 1.51. The maximum absolute atomic E-state index is 11.6. The molecule has 0 aliphatic heterocycles. The molecule has 2 heterocycles. The van der Waals surface area contributed by atoms with E-state index in [2.05, 4.69) is 19.7 Å². The highest BCUT2D eigenvalue weighted by Crippen LogP contribution is 2.11. The highest BCUT2D eigenvalue weighted by Gasteiger charge is 2.12. The van der Waals surface area contributed by atoms with Crippen LogP contribution in [0, 0.1) is 0 Å². The first kappa shape index (κ1) is 11.1. The lowest BCUT2D eigenvalue weighted by atomic mass is 10.2. The van der Waals surface area contributed by atoms with Crippen LogP contribution in [0.5, 0.6) is 6.01 Å². The number of nitrogens with zero attached hydrogens (tertiary/aromatic N) is 2. The Morgan fingerprint density at radius 3 is 2.82 bits per heavy atom. The van der Waals surface area contributed by atoms with Crippen LogP contribution in [-0.2, 0) is 4.74 Å². The predicted molar refractivity (Wildman–Crippen MR) is 58.1 cm³/mol. The van der Waals surface area contributed by atoms with Crippen molar-refractivity contribution in [3.8, 4) is 6.01 Å². The van der Waals surface area contributed by atoms with E-state index in [-0.39, 0.29) is 11.6 Å². The first-order valence-corrected chi connectivity index (χ1v) is 4.68. The summed E-state index contributed by atoms with van der Waals surface area (Å²) in [4.78, 5) is 33.1. The smallest absolute Gasteiger partial charge is 0.343 e. The van der Waals surface area contributed by atoms with Crippen LogP contribution >= 0.6 is 0 Å². The Morgan fingerprint density at radius 1 is 1.41 bits per heavy atom. The number of ether oxygens (including phenoxy) is 2. The molecule has 7 heteroatoms. The van der Waals surface area contributed by atoms with Gasteiger partial charge in [0.25, 0.3) is 5.56 Å². The second-order valence-electron chi connectivity index (χ2n) is 3.16. The van der Waals surface area contributed by atoms with Gasteiger partial charge in [0.2, 0.25) is 0 Å². The molecule has 0 bridgehead atoms. The molecule has 0 amide bonds. The summed E-state index contributed by atoms with van der Waals surface area (Å²) in [6.07, 6.45) is 1.45. The summed E-state index contributed by atoms with van der Waals surface area (Å²) in [5, 5.41) is 0.519. The number of pyridine rings is 1. The van der Waals surface area contributed by atoms with Gasteiger partial charge in [0, 0.05) is 11.6 Å². The molecule has 0 saturated heterocycles. The number of carbonyl (C=O) groups is 1. The minimum Gasteiger partial charge on any atom is -0.467 e. The summed E-state index contributed by atoms with van der Waals surface area (Å²) in [5.74, 6) is -0.705. The van der Waals surface area contributed by atoms with Gasteiger partial charge in [-0.2, -0.15) is 4.98 Å². The number of aromatic nitrogens is 3. The number of esters is 1. The van der Waals surface area contributed by atoms with Crippen molar-refractivity contribution in [3.05, 3.63) is 28.2 Å². The summed E-state index contributed by atoms with van der Waals surface area (Å²) < 4.78 is 9.31. The number of hydrogen-bond donors (Lipinski definition) is 1. The van der Waals surface area contributed by atoms with E-state index < -0.39 is 11.5 Å². The third-order valence-electron chi connectivity index (χ3n) is 2.16. The van der Waals surface area contributed by atoms with Crippen LogP contribution in [0.25, 0.3) is 11.0 Å². The zero-order valence-electron chi connectivity index (χ0n) is 9.18. The van der Waals surface area contributed by atoms with Gasteiger partial charge in [0.05, 0.1) is 14.2 Å². The van der Waals surface area contributed by atoms with Crippen molar-refractivity contribution in [2.45, 2.75) is 0 Å². The monoisotopic (exact) mass is 235 g/mol. The largest absolute Gasteiger partial charge is 0.467 e. The van der Waals surface area contributed by atoms with Crippen molar-refractivity contribution >= 4 is 17.0 Å². The Labute approximate surface area is 95.4 Å². The van der Waals surface area contributed by atoms with E-state index in [9.17, 15) is 9.59 Å². The quantitative estimate of drug-likeness (QED) is 0.742. The highest BCUT2D eigenvalue weighted by atomic mass is 16.5. The fourth-order valence-electron chi connectivity index (χ4n) is 1.34. The topological polar surface area (TPSA) is 94.2 Å². The Bertz CT molecular complexity index is 635. The molecule has 0 aliphatic rings. The third-order valence-corrected chi connectivity index (χ3v) is 2.16. The lowest BCUT2D eigenvalue weighted by Crippen LogP contribution is -2.19. The molecule has 1 N–H and O–H groups in total. The zero-order valence-corrected chi connectivity index (χ0v) is 9.18. The van der Waals surface area contributed by atoms with Crippen LogP contribution in [0.4, 0.5) is 0 Å². The van der Waals surface area contributed by atoms with Crippen molar-refractivity contribution in [1.29, 1.82) is 0 Å². The van der Waals surface area contributed by atoms with Crippen molar-refractivity contribution in [1.82, 2.24) is 15.0 Å². The van der Waals surface area contributed by atoms with Gasteiger partial charge in [0.1, 0.15) is 11.2 Å². The van der Waals surface area contributed by atoms with Gasteiger partial charge in [-0.05, 0) is 6.07 Å². The number of hydrogen-bond acceptors (Lipinski definition) is 6. The fourth-order valence-corrected chi connectivity index (χ4v) is 1.34. The molecule has 0 aromatic carbocycles. The van der Waals surface area contributed by atoms with E-state index in [0.29, 0.717) is 11.0 Å². The van der Waals surface area contributed by atoms with Gasteiger partial charge in [-0.25, -0.2) is 9.78 Å². The van der Waals surface area contributed by atoms with Gasteiger partial charge >= 0.3 is 12.0 Å². The van der Waals surface area contributed by atoms with Crippen LogP contribution < -0.4 is 10.3 Å². The van der Waals surface area contributed by atoms with E-state index >= 15 is 0 Å². The summed E-state index contributed by atoms with van der Waals surface area (Å²) in [7, 11) is 2.62. The zero-order chi connectivity index (χ0) is 12.4. The van der Waals surface area contributed by atoms with E-state index in [4.69, 9.17) is 4.74 Å². The van der Waals surface area contributed by atoms with E-state index in [0.717, 1.165) is 0 Å². The number of fused-ring (bicyclic) bond motifs is 1. The van der Waals surface area contributed by atoms with Gasteiger partial charge < -0.3 is 14.5 Å². The first-order valence-electron chi connectivity index (χ1n) is 4.68. The molecule has 0 radical (unpaired) electrons. The normalized spacial score (nSPS) is 10.2. The lowest BCUT2D eigenvalue weighted by molar-refractivity contribution is 0.0599. The molecule has 0 fully saturated rings. The molecule has 2 rings (SSSR count). The molecule has 7 nitrogen and oxygen atoms in total. The Morgan fingerprint density at radius 2 is 2.18 bits per heavy atom. The molecule has 88 valence electrons. The standard InChI is InChI=1S/C10H9N3O4/c1-16-9(15)6-3-5-4-11-10(17-2)13-7(5)12-8(6)14/h3-4H,1-2H3,(H,11,12,13,14). The van der Waals surface area contributed by atoms with E-state index in [1.54, 1.807) is 0 Å². The average molecular weight is 235 g/mol. The minimum absolute atomic E-state index is 0.0891. The van der Waals surface area contributed by atoms with E-state index in [1.165, 1.54) is 26.5 Å². The van der Waals surface area contributed by atoms with Crippen LogP contribution in [0.3, 0.4) is 0 Å². The Kier molecular flexibility index (Phi) is 2.73. The molecular formula is C10H9N3O4. The van der Waals surface area contributed by atoms with Crippen molar-refractivity contribution < 1.29 is 14.3 Å². The van der Waals surface area contributed by atoms with E-state index in [1.807, 2.05) is 0 Å². The number of methoxy groups -OCH3 is 2. The summed E-state index contributed by atoms with van der Waals surface area (Å²) >= 11 is 0. The van der Waals surface area contributed by atoms with Gasteiger partial charge in [-0.1, -0.05) is 0 Å². The van der Waals surface area contributed by atoms with Gasteiger partial charge in [-0.3, -0.25) is 4.79 Å². The molecule has 0 saturated carbocycles. The van der Waals surface area contributed by atoms with Crippen molar-refractivity contribution in [2.24, 2.45) is 0 Å². The Hall–Kier alpha value is -2.44. The van der Waals surface area contributed by atoms with Crippen molar-refractivity contribution in [3.63, 3.8) is 0 Å². The predicted octanol–water partition coefficient (Wildman–Crippen LogP) is 0.113. The lowest BCUT2D eigenvalue weighted by Gasteiger charge is -2.02. The average Bonchev–Trinajstić information content (AvgIpc) is 2.36. The number of carbonyl (C=O) groups excluding carboxylic acids is 1. The number of rotatable bonds is 2. The van der Waals surface area contributed by atoms with Crippen molar-refractivity contribution in [2.75, 3.05) is 14.2 Å². The fraction of sp³-hybridized carbons (Fsp3) is 0.200. The molecule has 2 aromatic heterocycles. The molecule has 17 heavy (non-hydrogen) atoms. The van der Waals surface area contributed by atoms with Gasteiger partial charge in [0.15, 0.2) is 0 Å². The maximum Gasteiger partial charge on any atom is 0.343 e. The number of H-pyrrole nitrogens is 1. The van der Waals surface area contributed by atoms with Crippen LogP contribution in [-0.4, -0.2) is 35.1 Å². The highest BCUT2D eigenvalue weighted by molar-refractivity contribution is 5.92. The van der Waals surface area contributed by atoms with Crippen LogP contribution in [0.15, 0.2) is 17.1 Å². The van der Waals surface area contributed by atoms with Crippen LogP contribution in [0.1, 0.15) is 10.4 Å². The second kappa shape index (κ2) is 4.20. The molecular weight excluding hydrogens is 226 g/mol.